The van der Waals surface area contributed by atoms with Crippen LogP contribution in [0.15, 0.2) is 45.7 Å². The van der Waals surface area contributed by atoms with Gasteiger partial charge in [0.1, 0.15) is 23.1 Å². The highest BCUT2D eigenvalue weighted by Crippen LogP contribution is 2.28. The van der Waals surface area contributed by atoms with E-state index < -0.39 is 10.1 Å². The predicted molar refractivity (Wildman–Crippen MR) is 138 cm³/mol. The number of likely N-dealkylation sites (tertiary alicyclic amines) is 1. The molecule has 0 unspecified atom stereocenters. The van der Waals surface area contributed by atoms with Crippen molar-refractivity contribution in [3.8, 4) is 11.5 Å². The summed E-state index contributed by atoms with van der Waals surface area (Å²) < 4.78 is 55.2. The number of aromatic nitrogens is 1. The molecule has 10 nitrogen and oxygen atoms in total. The molecule has 5 rings (SSSR count). The van der Waals surface area contributed by atoms with Gasteiger partial charge in [0.15, 0.2) is 5.58 Å². The zero-order valence-corrected chi connectivity index (χ0v) is 21.7. The first-order valence-electron chi connectivity index (χ1n) is 12.7. The molecule has 3 aromatic rings. The van der Waals surface area contributed by atoms with E-state index in [1.807, 2.05) is 13.0 Å². The van der Waals surface area contributed by atoms with Gasteiger partial charge < -0.3 is 23.9 Å². The zero-order valence-electron chi connectivity index (χ0n) is 20.9. The third-order valence-corrected chi connectivity index (χ3v) is 7.55. The van der Waals surface area contributed by atoms with Crippen molar-refractivity contribution in [1.29, 1.82) is 0 Å². The second-order valence-electron chi connectivity index (χ2n) is 9.49. The molecule has 11 heteroatoms. The fraction of sp³-hybridized carbons (Fsp3) is 0.500. The minimum Gasteiger partial charge on any atom is -0.494 e. The first-order chi connectivity index (χ1) is 17.9. The lowest BCUT2D eigenvalue weighted by Crippen LogP contribution is -2.38. The van der Waals surface area contributed by atoms with Crippen molar-refractivity contribution >= 4 is 27.2 Å². The minimum absolute atomic E-state index is 0.173. The van der Waals surface area contributed by atoms with Crippen LogP contribution in [-0.4, -0.2) is 67.9 Å². The molecule has 0 spiro atoms. The summed E-state index contributed by atoms with van der Waals surface area (Å²) in [5.74, 6) is 1.67. The molecule has 2 fully saturated rings. The number of hydrogen-bond acceptors (Lipinski definition) is 9. The second kappa shape index (κ2) is 11.3. The van der Waals surface area contributed by atoms with E-state index in [-0.39, 0.29) is 17.0 Å². The Kier molecular flexibility index (Phi) is 7.84. The van der Waals surface area contributed by atoms with E-state index in [0.717, 1.165) is 75.6 Å². The van der Waals surface area contributed by atoms with Crippen LogP contribution in [0.4, 0.5) is 6.01 Å². The maximum absolute atomic E-state index is 11.4. The van der Waals surface area contributed by atoms with Crippen molar-refractivity contribution in [2.24, 2.45) is 0 Å². The average Bonchev–Trinajstić information content (AvgIpc) is 3.27. The average molecular weight is 532 g/mol. The minimum atomic E-state index is -4.29. The molecule has 0 amide bonds. The van der Waals surface area contributed by atoms with Gasteiger partial charge in [-0.05, 0) is 55.7 Å². The van der Waals surface area contributed by atoms with Gasteiger partial charge in [0, 0.05) is 44.6 Å². The fourth-order valence-corrected chi connectivity index (χ4v) is 5.32. The molecule has 0 bridgehead atoms. The Hall–Kier alpha value is -2.86. The summed E-state index contributed by atoms with van der Waals surface area (Å²) >= 11 is 0. The molecular weight excluding hydrogens is 498 g/mol. The summed E-state index contributed by atoms with van der Waals surface area (Å²) in [6.07, 6.45) is 3.79. The van der Waals surface area contributed by atoms with Crippen LogP contribution in [0.1, 0.15) is 38.2 Å². The van der Waals surface area contributed by atoms with Crippen LogP contribution < -0.4 is 14.8 Å². The number of hydrogen-bond donors (Lipinski definition) is 2. The summed E-state index contributed by atoms with van der Waals surface area (Å²) in [6.45, 7) is 6.66. The number of rotatable bonds is 9. The van der Waals surface area contributed by atoms with E-state index in [2.05, 4.69) is 27.3 Å². The monoisotopic (exact) mass is 531 g/mol. The van der Waals surface area contributed by atoms with Gasteiger partial charge in [0.25, 0.3) is 16.1 Å². The Morgan fingerprint density at radius 1 is 1.08 bits per heavy atom. The molecule has 1 aromatic heterocycles. The Labute approximate surface area is 216 Å². The zero-order chi connectivity index (χ0) is 25.8. The number of nitrogens with zero attached hydrogens (tertiary/aromatic N) is 2. The van der Waals surface area contributed by atoms with Crippen LogP contribution in [-0.2, 0) is 21.4 Å². The van der Waals surface area contributed by atoms with E-state index in [0.29, 0.717) is 23.7 Å². The van der Waals surface area contributed by atoms with Crippen molar-refractivity contribution in [3.63, 3.8) is 0 Å². The number of piperidine rings is 1. The highest BCUT2D eigenvalue weighted by Gasteiger charge is 2.22. The highest BCUT2D eigenvalue weighted by molar-refractivity contribution is 7.85. The lowest BCUT2D eigenvalue weighted by molar-refractivity contribution is 0.0254. The summed E-state index contributed by atoms with van der Waals surface area (Å²) in [4.78, 5) is 6.55. The molecule has 2 saturated heterocycles. The Bertz CT molecular complexity index is 1310. The first-order valence-corrected chi connectivity index (χ1v) is 14.2. The van der Waals surface area contributed by atoms with Crippen LogP contribution in [0.3, 0.4) is 0 Å². The van der Waals surface area contributed by atoms with Crippen LogP contribution in [0, 0.1) is 0 Å². The second-order valence-corrected chi connectivity index (χ2v) is 10.9. The van der Waals surface area contributed by atoms with Crippen LogP contribution in [0.5, 0.6) is 11.5 Å². The Balaban J connectivity index is 1.18. The molecule has 3 heterocycles. The summed E-state index contributed by atoms with van der Waals surface area (Å²) in [6, 6.07) is 10.8. The summed E-state index contributed by atoms with van der Waals surface area (Å²) in [5.41, 5.74) is 2.00. The first kappa shape index (κ1) is 25.8. The number of oxazole rings is 1. The van der Waals surface area contributed by atoms with Gasteiger partial charge in [-0.2, -0.15) is 13.4 Å². The SMILES string of the molecule is CCOc1cc(CN2CCC(Nc3nc4cc(S(=O)(=O)O)ccc4o3)CC2)cc(OC2CCOCC2)c1. The molecule has 0 saturated carbocycles. The molecule has 2 aromatic carbocycles. The Morgan fingerprint density at radius 3 is 2.57 bits per heavy atom. The number of ether oxygens (including phenoxy) is 3. The van der Waals surface area contributed by atoms with Crippen LogP contribution >= 0.6 is 0 Å². The molecule has 2 aliphatic heterocycles. The largest absolute Gasteiger partial charge is 0.494 e. The number of nitrogens with one attached hydrogen (secondary N) is 1. The van der Waals surface area contributed by atoms with Gasteiger partial charge >= 0.3 is 0 Å². The van der Waals surface area contributed by atoms with Crippen molar-refractivity contribution < 1.29 is 31.6 Å². The van der Waals surface area contributed by atoms with Crippen LogP contribution in [0.2, 0.25) is 0 Å². The summed E-state index contributed by atoms with van der Waals surface area (Å²) in [5, 5.41) is 3.33. The molecule has 37 heavy (non-hydrogen) atoms. The van der Waals surface area contributed by atoms with E-state index >= 15 is 0 Å². The third-order valence-electron chi connectivity index (χ3n) is 6.70. The highest BCUT2D eigenvalue weighted by atomic mass is 32.2. The van der Waals surface area contributed by atoms with Gasteiger partial charge in [0.05, 0.1) is 24.7 Å². The van der Waals surface area contributed by atoms with Crippen LogP contribution in [0.25, 0.3) is 11.1 Å². The standard InChI is InChI=1S/C26H33N3O7S/c1-2-34-21-13-18(14-22(15-21)35-20-7-11-33-12-8-20)17-29-9-5-19(6-10-29)27-26-28-24-16-23(37(30,31)32)3-4-25(24)36-26/h3-4,13-16,19-20H,2,5-12,17H2,1H3,(H,27,28)(H,30,31,32). The predicted octanol–water partition coefficient (Wildman–Crippen LogP) is 4.11. The number of anilines is 1. The van der Waals surface area contributed by atoms with Gasteiger partial charge in [-0.15, -0.1) is 0 Å². The number of fused-ring (bicyclic) bond motifs is 1. The topological polar surface area (TPSA) is 123 Å². The lowest BCUT2D eigenvalue weighted by atomic mass is 10.0. The van der Waals surface area contributed by atoms with Crippen molar-refractivity contribution in [2.45, 2.75) is 56.2 Å². The quantitative estimate of drug-likeness (QED) is 0.390. The third kappa shape index (κ3) is 6.72. The Morgan fingerprint density at radius 2 is 1.84 bits per heavy atom. The summed E-state index contributed by atoms with van der Waals surface area (Å²) in [7, 11) is -4.29. The molecule has 0 radical (unpaired) electrons. The lowest BCUT2D eigenvalue weighted by Gasteiger charge is -2.32. The van der Waals surface area contributed by atoms with Gasteiger partial charge in [0.2, 0.25) is 0 Å². The van der Waals surface area contributed by atoms with Crippen molar-refractivity contribution in [2.75, 3.05) is 38.2 Å². The molecular formula is C26H33N3O7S. The number of benzene rings is 2. The van der Waals surface area contributed by atoms with Crippen molar-refractivity contribution in [1.82, 2.24) is 9.88 Å². The maximum atomic E-state index is 11.4. The van der Waals surface area contributed by atoms with Gasteiger partial charge in [-0.25, -0.2) is 0 Å². The van der Waals surface area contributed by atoms with E-state index in [1.165, 1.54) is 18.2 Å². The van der Waals surface area contributed by atoms with Crippen molar-refractivity contribution in [3.05, 3.63) is 42.0 Å². The van der Waals surface area contributed by atoms with E-state index in [9.17, 15) is 13.0 Å². The molecule has 200 valence electrons. The van der Waals surface area contributed by atoms with Gasteiger partial charge in [-0.1, -0.05) is 0 Å². The molecule has 0 aliphatic carbocycles. The molecule has 0 atom stereocenters. The van der Waals surface area contributed by atoms with E-state index in [1.54, 1.807) is 0 Å². The smallest absolute Gasteiger partial charge is 0.295 e. The molecule has 2 aliphatic rings. The molecule has 2 N–H and O–H groups in total. The van der Waals surface area contributed by atoms with Gasteiger partial charge in [-0.3, -0.25) is 9.45 Å². The normalized spacial score (nSPS) is 18.2. The van der Waals surface area contributed by atoms with E-state index in [4.69, 9.17) is 18.6 Å². The fourth-order valence-electron chi connectivity index (χ4n) is 4.82. The maximum Gasteiger partial charge on any atom is 0.295 e.